The molecule has 14 heteroatoms. The number of amides is 2. The quantitative estimate of drug-likeness (QED) is 0.229. The lowest BCUT2D eigenvalue weighted by Crippen LogP contribution is -2.46. The zero-order valence-corrected chi connectivity index (χ0v) is 25.7. The van der Waals surface area contributed by atoms with Crippen LogP contribution in [-0.2, 0) is 0 Å². The number of carbonyl (C=O) groups excluding carboxylic acids is 2. The van der Waals surface area contributed by atoms with Gasteiger partial charge >= 0.3 is 12.4 Å². The van der Waals surface area contributed by atoms with Gasteiger partial charge in [-0.15, -0.1) is 24.5 Å². The van der Waals surface area contributed by atoms with Gasteiger partial charge in [0.15, 0.2) is 5.78 Å². The molecule has 9 nitrogen and oxygen atoms in total. The monoisotopic (exact) mass is 659 g/mol. The summed E-state index contributed by atoms with van der Waals surface area (Å²) in [5.74, 6) is -0.617. The van der Waals surface area contributed by atoms with Crippen LogP contribution in [0.1, 0.15) is 29.2 Å². The third kappa shape index (κ3) is 6.85. The molecular formula is C31H29ClF3N5O4S. The summed E-state index contributed by atoms with van der Waals surface area (Å²) in [6, 6.07) is 13.7. The van der Waals surface area contributed by atoms with Crippen molar-refractivity contribution in [2.45, 2.75) is 31.3 Å². The molecule has 2 aromatic carbocycles. The number of likely N-dealkylation sites (N-methyl/N-ethyl adjacent to an activating group) is 1. The average molecular weight is 660 g/mol. The Balaban J connectivity index is 1.04. The van der Waals surface area contributed by atoms with Crippen molar-refractivity contribution in [1.29, 1.82) is 0 Å². The van der Waals surface area contributed by atoms with Crippen LogP contribution in [0.4, 0.5) is 18.0 Å². The first-order chi connectivity index (χ1) is 21.4. The minimum atomic E-state index is -4.80. The van der Waals surface area contributed by atoms with Crippen molar-refractivity contribution in [3.05, 3.63) is 81.9 Å². The molecular weight excluding hydrogens is 631 g/mol. The first kappa shape index (κ1) is 31.1. The molecule has 0 unspecified atom stereocenters. The second-order valence-corrected chi connectivity index (χ2v) is 12.7. The highest BCUT2D eigenvalue weighted by molar-refractivity contribution is 7.22. The summed E-state index contributed by atoms with van der Waals surface area (Å²) < 4.78 is 43.3. The lowest BCUT2D eigenvalue weighted by atomic mass is 10.1. The maximum Gasteiger partial charge on any atom is 0.573 e. The molecule has 2 fully saturated rings. The minimum absolute atomic E-state index is 0.0879. The van der Waals surface area contributed by atoms with Crippen LogP contribution < -0.4 is 10.3 Å². The normalized spacial score (nSPS) is 18.9. The van der Waals surface area contributed by atoms with Crippen LogP contribution >= 0.6 is 22.9 Å². The maximum absolute atomic E-state index is 13.4. The summed E-state index contributed by atoms with van der Waals surface area (Å²) in [6.07, 6.45) is -1.93. The van der Waals surface area contributed by atoms with E-state index in [0.29, 0.717) is 54.3 Å². The topological polar surface area (TPSA) is 88.0 Å². The van der Waals surface area contributed by atoms with Gasteiger partial charge in [0.25, 0.3) is 5.56 Å². The lowest BCUT2D eigenvalue weighted by Gasteiger charge is -2.29. The molecule has 4 heterocycles. The van der Waals surface area contributed by atoms with E-state index in [0.717, 1.165) is 22.6 Å². The number of fused-ring (bicyclic) bond motifs is 1. The number of benzene rings is 2. The second-order valence-electron chi connectivity index (χ2n) is 11.2. The average Bonchev–Trinajstić information content (AvgIpc) is 3.77. The number of aromatic nitrogens is 2. The van der Waals surface area contributed by atoms with Gasteiger partial charge in [0, 0.05) is 54.7 Å². The third-order valence-electron chi connectivity index (χ3n) is 8.29. The van der Waals surface area contributed by atoms with Crippen LogP contribution in [0.5, 0.6) is 5.75 Å². The number of halogens is 4. The van der Waals surface area contributed by atoms with Crippen molar-refractivity contribution in [2.24, 2.45) is 0 Å². The first-order valence-corrected chi connectivity index (χ1v) is 15.5. The molecule has 2 amide bonds. The van der Waals surface area contributed by atoms with E-state index in [1.54, 1.807) is 39.9 Å². The first-order valence-electron chi connectivity index (χ1n) is 14.3. The molecule has 0 bridgehead atoms. The van der Waals surface area contributed by atoms with Gasteiger partial charge in [-0.2, -0.15) is 0 Å². The van der Waals surface area contributed by atoms with Gasteiger partial charge in [0.1, 0.15) is 10.4 Å². The number of rotatable bonds is 7. The number of likely N-dealkylation sites (tertiary alicyclic amines) is 2. The van der Waals surface area contributed by atoms with Crippen LogP contribution in [0.25, 0.3) is 20.7 Å². The van der Waals surface area contributed by atoms with Gasteiger partial charge in [-0.1, -0.05) is 23.7 Å². The van der Waals surface area contributed by atoms with Crippen LogP contribution in [0, 0.1) is 0 Å². The standard InChI is InChI=1S/C31H29ClF3N5O4S/c1-37(22-10-12-38(15-22)17-26(41)19-4-8-24(9-5-19)44-31(33,34)35)30(43)39-13-11-23(16-39)40-18-36-25-14-27(45-28(25)29(40)42)20-2-6-21(32)7-3-20/h2-9,14,18,22-23H,10-13,15-17H2,1H3/t22-,23-/m0/s1. The number of thiophene rings is 1. The van der Waals surface area contributed by atoms with Crippen LogP contribution in [0.2, 0.25) is 5.02 Å². The van der Waals surface area contributed by atoms with E-state index in [4.69, 9.17) is 11.6 Å². The van der Waals surface area contributed by atoms with E-state index in [9.17, 15) is 27.6 Å². The summed E-state index contributed by atoms with van der Waals surface area (Å²) in [4.78, 5) is 50.5. The van der Waals surface area contributed by atoms with E-state index in [1.165, 1.54) is 23.5 Å². The van der Waals surface area contributed by atoms with Gasteiger partial charge in [-0.05, 0) is 60.9 Å². The van der Waals surface area contributed by atoms with E-state index < -0.39 is 6.36 Å². The molecule has 0 N–H and O–H groups in total. The molecule has 4 aromatic rings. The van der Waals surface area contributed by atoms with E-state index in [1.807, 2.05) is 23.1 Å². The molecule has 6 rings (SSSR count). The molecule has 0 aliphatic carbocycles. The number of carbonyl (C=O) groups is 2. The van der Waals surface area contributed by atoms with Crippen molar-refractivity contribution in [1.82, 2.24) is 24.3 Å². The van der Waals surface area contributed by atoms with Gasteiger partial charge in [-0.25, -0.2) is 9.78 Å². The van der Waals surface area contributed by atoms with Gasteiger partial charge in [0.05, 0.1) is 24.4 Å². The number of nitrogens with zero attached hydrogens (tertiary/aromatic N) is 5. The largest absolute Gasteiger partial charge is 0.573 e. The highest BCUT2D eigenvalue weighted by atomic mass is 35.5. The highest BCUT2D eigenvalue weighted by Crippen LogP contribution is 2.32. The van der Waals surface area contributed by atoms with Gasteiger partial charge in [-0.3, -0.25) is 19.1 Å². The number of urea groups is 1. The Hall–Kier alpha value is -3.94. The Bertz CT molecular complexity index is 1780. The molecule has 2 atom stereocenters. The molecule has 45 heavy (non-hydrogen) atoms. The van der Waals surface area contributed by atoms with Crippen LogP contribution in [-0.4, -0.2) is 88.2 Å². The number of alkyl halides is 3. The molecule has 0 radical (unpaired) electrons. The zero-order chi connectivity index (χ0) is 31.9. The molecule has 2 saturated heterocycles. The predicted octanol–water partition coefficient (Wildman–Crippen LogP) is 5.93. The Morgan fingerprint density at radius 1 is 1.07 bits per heavy atom. The molecule has 0 saturated carbocycles. The van der Waals surface area contributed by atoms with Crippen LogP contribution in [0.3, 0.4) is 0 Å². The summed E-state index contributed by atoms with van der Waals surface area (Å²) in [6.45, 7) is 2.07. The van der Waals surface area contributed by atoms with Crippen molar-refractivity contribution < 1.29 is 27.5 Å². The number of hydrogen-bond donors (Lipinski definition) is 0. The smallest absolute Gasteiger partial charge is 0.406 e. The van der Waals surface area contributed by atoms with E-state index in [2.05, 4.69) is 9.72 Å². The van der Waals surface area contributed by atoms with Crippen molar-refractivity contribution in [3.8, 4) is 16.2 Å². The Morgan fingerprint density at radius 3 is 2.51 bits per heavy atom. The number of Topliss-reactive ketones (excluding diaryl/α,β-unsaturated/α-hetero) is 1. The molecule has 2 aromatic heterocycles. The van der Waals surface area contributed by atoms with Crippen molar-refractivity contribution >= 4 is 45.0 Å². The number of hydrogen-bond acceptors (Lipinski definition) is 7. The van der Waals surface area contributed by atoms with Crippen molar-refractivity contribution in [3.63, 3.8) is 0 Å². The summed E-state index contributed by atoms with van der Waals surface area (Å²) in [5.41, 5.74) is 1.75. The maximum atomic E-state index is 13.4. The fraction of sp³-hybridized carbons (Fsp3) is 0.355. The summed E-state index contributed by atoms with van der Waals surface area (Å²) in [5, 5.41) is 0.636. The van der Waals surface area contributed by atoms with E-state index >= 15 is 0 Å². The Morgan fingerprint density at radius 2 is 1.80 bits per heavy atom. The fourth-order valence-electron chi connectivity index (χ4n) is 5.87. The predicted molar refractivity (Wildman–Crippen MR) is 165 cm³/mol. The summed E-state index contributed by atoms with van der Waals surface area (Å²) in [7, 11) is 1.74. The minimum Gasteiger partial charge on any atom is -0.406 e. The molecule has 236 valence electrons. The van der Waals surface area contributed by atoms with Gasteiger partial charge in [0.2, 0.25) is 0 Å². The number of ketones is 1. The fourth-order valence-corrected chi connectivity index (χ4v) is 7.05. The summed E-state index contributed by atoms with van der Waals surface area (Å²) >= 11 is 7.40. The van der Waals surface area contributed by atoms with Crippen molar-refractivity contribution in [2.75, 3.05) is 39.8 Å². The second kappa shape index (κ2) is 12.5. The number of ether oxygens (including phenoxy) is 1. The van der Waals surface area contributed by atoms with E-state index in [-0.39, 0.29) is 47.3 Å². The third-order valence-corrected chi connectivity index (χ3v) is 9.71. The zero-order valence-electron chi connectivity index (χ0n) is 24.2. The SMILES string of the molecule is CN(C(=O)N1CC[C@H](n2cnc3cc(-c4ccc(Cl)cc4)sc3c2=O)C1)[C@H]1CCN(CC(=O)c2ccc(OC(F)(F)F)cc2)C1. The molecule has 2 aliphatic rings. The highest BCUT2D eigenvalue weighted by Gasteiger charge is 2.35. The van der Waals surface area contributed by atoms with Gasteiger partial charge < -0.3 is 14.5 Å². The molecule has 2 aliphatic heterocycles. The molecule has 0 spiro atoms. The lowest BCUT2D eigenvalue weighted by molar-refractivity contribution is -0.274. The Labute approximate surface area is 265 Å². The Kier molecular flexibility index (Phi) is 8.59. The van der Waals surface area contributed by atoms with Crippen LogP contribution in [0.15, 0.2) is 65.7 Å².